The first-order valence-electron chi connectivity index (χ1n) is 9.28. The van der Waals surface area contributed by atoms with Gasteiger partial charge in [-0.3, -0.25) is 9.59 Å². The zero-order valence-corrected chi connectivity index (χ0v) is 15.2. The Kier molecular flexibility index (Phi) is 8.07. The van der Waals surface area contributed by atoms with Gasteiger partial charge in [-0.15, -0.1) is 0 Å². The molecule has 0 amide bonds. The van der Waals surface area contributed by atoms with Crippen LogP contribution in [-0.2, 0) is 14.3 Å². The summed E-state index contributed by atoms with van der Waals surface area (Å²) in [7, 11) is 1.49. The molecule has 134 valence electrons. The van der Waals surface area contributed by atoms with Crippen LogP contribution >= 0.6 is 0 Å². The number of methoxy groups -OCH3 is 1. The Morgan fingerprint density at radius 1 is 0.826 bits per heavy atom. The highest BCUT2D eigenvalue weighted by molar-refractivity contribution is 5.76. The molecule has 2 rings (SSSR count). The van der Waals surface area contributed by atoms with Gasteiger partial charge in [-0.05, 0) is 38.5 Å². The zero-order chi connectivity index (χ0) is 17.3. The maximum Gasteiger partial charge on any atom is 0.311 e. The van der Waals surface area contributed by atoms with Crippen LogP contribution in [0.4, 0.5) is 0 Å². The maximum atomic E-state index is 11.5. The molecule has 0 unspecified atom stereocenters. The lowest BCUT2D eigenvalue weighted by Crippen LogP contribution is -2.33. The predicted octanol–water partition coefficient (Wildman–Crippen LogP) is 4.95. The third-order valence-electron chi connectivity index (χ3n) is 6.05. The molecule has 0 saturated heterocycles. The van der Waals surface area contributed by atoms with Gasteiger partial charge in [0.25, 0.3) is 0 Å². The third-order valence-corrected chi connectivity index (χ3v) is 6.05. The van der Waals surface area contributed by atoms with Gasteiger partial charge in [-0.25, -0.2) is 0 Å². The topological polar surface area (TPSA) is 63.6 Å². The highest BCUT2D eigenvalue weighted by atomic mass is 16.5. The van der Waals surface area contributed by atoms with E-state index in [1.165, 1.54) is 32.8 Å². The van der Waals surface area contributed by atoms with Gasteiger partial charge in [0.15, 0.2) is 0 Å². The lowest BCUT2D eigenvalue weighted by molar-refractivity contribution is -0.155. The first-order valence-corrected chi connectivity index (χ1v) is 9.28. The minimum Gasteiger partial charge on any atom is -0.481 e. The van der Waals surface area contributed by atoms with E-state index >= 15 is 0 Å². The van der Waals surface area contributed by atoms with Crippen LogP contribution in [0, 0.1) is 10.8 Å². The smallest absolute Gasteiger partial charge is 0.311 e. The van der Waals surface area contributed by atoms with Crippen molar-refractivity contribution < 1.29 is 19.4 Å². The summed E-state index contributed by atoms with van der Waals surface area (Å²) in [5.41, 5.74) is -0.495. The van der Waals surface area contributed by atoms with Crippen molar-refractivity contribution in [3.8, 4) is 0 Å². The number of ether oxygens (including phenoxy) is 1. The van der Waals surface area contributed by atoms with Gasteiger partial charge in [0.05, 0.1) is 17.9 Å². The molecule has 2 aliphatic rings. The van der Waals surface area contributed by atoms with E-state index in [9.17, 15) is 9.59 Å². The number of carbonyl (C=O) groups excluding carboxylic acids is 1. The molecule has 0 aromatic heterocycles. The molecule has 23 heavy (non-hydrogen) atoms. The quantitative estimate of drug-likeness (QED) is 0.742. The fourth-order valence-electron chi connectivity index (χ4n) is 4.09. The summed E-state index contributed by atoms with van der Waals surface area (Å²) in [4.78, 5) is 22.4. The molecule has 0 radical (unpaired) electrons. The summed E-state index contributed by atoms with van der Waals surface area (Å²) < 4.78 is 4.85. The largest absolute Gasteiger partial charge is 0.481 e. The van der Waals surface area contributed by atoms with Crippen molar-refractivity contribution in [1.29, 1.82) is 0 Å². The number of esters is 1. The number of carboxylic acids is 1. The molecule has 0 aliphatic heterocycles. The van der Waals surface area contributed by atoms with Crippen LogP contribution in [-0.4, -0.2) is 24.2 Å². The van der Waals surface area contributed by atoms with Gasteiger partial charge in [0.2, 0.25) is 0 Å². The molecular weight excluding hydrogens is 292 g/mol. The van der Waals surface area contributed by atoms with Crippen LogP contribution in [0.2, 0.25) is 0 Å². The molecule has 0 atom stereocenters. The normalized spacial score (nSPS) is 22.4. The van der Waals surface area contributed by atoms with E-state index in [4.69, 9.17) is 9.84 Å². The molecule has 0 spiro atoms. The van der Waals surface area contributed by atoms with Crippen molar-refractivity contribution in [3.63, 3.8) is 0 Å². The minimum absolute atomic E-state index is 0.00435. The second-order valence-corrected chi connectivity index (χ2v) is 7.19. The summed E-state index contributed by atoms with van der Waals surface area (Å²) >= 11 is 0. The second-order valence-electron chi connectivity index (χ2n) is 7.19. The summed E-state index contributed by atoms with van der Waals surface area (Å²) in [6, 6.07) is 0. The zero-order valence-electron chi connectivity index (χ0n) is 15.2. The monoisotopic (exact) mass is 326 g/mol. The molecule has 2 fully saturated rings. The van der Waals surface area contributed by atoms with E-state index in [-0.39, 0.29) is 16.8 Å². The standard InChI is InChI=1S/C10H18O2.C9H16O2/c1-3-10(9(11)12-2)7-5-4-6-8-10;1-2-9(8(10)11)6-4-3-5-7-9/h3-8H2,1-2H3;2-7H2,1H3,(H,10,11). The molecule has 4 nitrogen and oxygen atoms in total. The third kappa shape index (κ3) is 4.95. The van der Waals surface area contributed by atoms with E-state index in [2.05, 4.69) is 6.92 Å². The second kappa shape index (κ2) is 9.29. The first-order chi connectivity index (χ1) is 11.0. The molecule has 1 N–H and O–H groups in total. The molecule has 0 aromatic rings. The van der Waals surface area contributed by atoms with Crippen molar-refractivity contribution in [2.24, 2.45) is 10.8 Å². The van der Waals surface area contributed by atoms with Gasteiger partial charge in [0.1, 0.15) is 0 Å². The van der Waals surface area contributed by atoms with Crippen molar-refractivity contribution in [2.45, 2.75) is 90.9 Å². The van der Waals surface area contributed by atoms with Crippen molar-refractivity contribution in [3.05, 3.63) is 0 Å². The highest BCUT2D eigenvalue weighted by Crippen LogP contribution is 2.40. The number of carbonyl (C=O) groups is 2. The van der Waals surface area contributed by atoms with Crippen molar-refractivity contribution >= 4 is 11.9 Å². The Morgan fingerprint density at radius 2 is 1.22 bits per heavy atom. The molecule has 2 saturated carbocycles. The fourth-order valence-corrected chi connectivity index (χ4v) is 4.09. The lowest BCUT2D eigenvalue weighted by atomic mass is 9.72. The van der Waals surface area contributed by atoms with E-state index in [1.807, 2.05) is 6.92 Å². The Labute approximate surface area is 141 Å². The Balaban J connectivity index is 0.000000231. The Bertz CT molecular complexity index is 377. The molecule has 0 bridgehead atoms. The number of rotatable bonds is 4. The molecule has 0 heterocycles. The Hall–Kier alpha value is -1.06. The summed E-state index contributed by atoms with van der Waals surface area (Å²) in [6.07, 6.45) is 12.6. The fraction of sp³-hybridized carbons (Fsp3) is 0.895. The van der Waals surface area contributed by atoms with Gasteiger partial charge in [-0.1, -0.05) is 52.4 Å². The van der Waals surface area contributed by atoms with E-state index in [0.717, 1.165) is 51.4 Å². The SMILES string of the molecule is CCC1(C(=O)O)CCCCC1.CCC1(C(=O)OC)CCCCC1. The lowest BCUT2D eigenvalue weighted by Gasteiger charge is -2.33. The number of aliphatic carboxylic acids is 1. The highest BCUT2D eigenvalue weighted by Gasteiger charge is 2.38. The summed E-state index contributed by atoms with van der Waals surface area (Å²) in [5.74, 6) is -0.579. The van der Waals surface area contributed by atoms with Crippen LogP contribution in [0.5, 0.6) is 0 Å². The summed E-state index contributed by atoms with van der Waals surface area (Å²) in [6.45, 7) is 4.07. The Morgan fingerprint density at radius 3 is 1.48 bits per heavy atom. The van der Waals surface area contributed by atoms with Gasteiger partial charge in [-0.2, -0.15) is 0 Å². The van der Waals surface area contributed by atoms with Crippen LogP contribution in [0.25, 0.3) is 0 Å². The predicted molar refractivity (Wildman–Crippen MR) is 91.3 cm³/mol. The van der Waals surface area contributed by atoms with Crippen molar-refractivity contribution in [1.82, 2.24) is 0 Å². The van der Waals surface area contributed by atoms with E-state index in [1.54, 1.807) is 0 Å². The maximum absolute atomic E-state index is 11.5. The van der Waals surface area contributed by atoms with Crippen LogP contribution in [0.3, 0.4) is 0 Å². The van der Waals surface area contributed by atoms with E-state index in [0.29, 0.717) is 0 Å². The number of carboxylic acid groups (broad SMARTS) is 1. The molecule has 4 heteroatoms. The average Bonchev–Trinajstić information content (AvgIpc) is 2.62. The first kappa shape index (κ1) is 20.0. The molecule has 2 aliphatic carbocycles. The molecule has 0 aromatic carbocycles. The van der Waals surface area contributed by atoms with Gasteiger partial charge >= 0.3 is 11.9 Å². The van der Waals surface area contributed by atoms with Crippen LogP contribution in [0.1, 0.15) is 90.9 Å². The number of hydrogen-bond acceptors (Lipinski definition) is 3. The van der Waals surface area contributed by atoms with E-state index < -0.39 is 5.97 Å². The van der Waals surface area contributed by atoms with Crippen LogP contribution in [0.15, 0.2) is 0 Å². The average molecular weight is 326 g/mol. The molecular formula is C19H34O4. The van der Waals surface area contributed by atoms with Crippen LogP contribution < -0.4 is 0 Å². The minimum atomic E-state index is -0.584. The summed E-state index contributed by atoms with van der Waals surface area (Å²) in [5, 5.41) is 8.99. The van der Waals surface area contributed by atoms with Gasteiger partial charge < -0.3 is 9.84 Å². The van der Waals surface area contributed by atoms with Crippen molar-refractivity contribution in [2.75, 3.05) is 7.11 Å². The van der Waals surface area contributed by atoms with Gasteiger partial charge in [0, 0.05) is 0 Å². The number of hydrogen-bond donors (Lipinski definition) is 1.